The highest BCUT2D eigenvalue weighted by atomic mass is 32.2. The van der Waals surface area contributed by atoms with E-state index in [0.29, 0.717) is 29.0 Å². The molecular weight excluding hydrogens is 248 g/mol. The minimum atomic E-state index is -3.42. The van der Waals surface area contributed by atoms with Gasteiger partial charge in [-0.05, 0) is 42.9 Å². The van der Waals surface area contributed by atoms with Crippen LogP contribution >= 0.6 is 0 Å². The molecule has 4 nitrogen and oxygen atoms in total. The Kier molecular flexibility index (Phi) is 3.38. The molecule has 1 saturated carbocycles. The Morgan fingerprint density at radius 3 is 2.61 bits per heavy atom. The lowest BCUT2D eigenvalue weighted by Crippen LogP contribution is -2.29. The number of rotatable bonds is 4. The van der Waals surface area contributed by atoms with Crippen LogP contribution in [0.2, 0.25) is 0 Å². The molecule has 100 valence electrons. The fourth-order valence-corrected chi connectivity index (χ4v) is 3.63. The highest BCUT2D eigenvalue weighted by Crippen LogP contribution is 2.38. The van der Waals surface area contributed by atoms with Crippen LogP contribution in [0, 0.1) is 18.8 Å². The molecule has 0 amide bonds. The summed E-state index contributed by atoms with van der Waals surface area (Å²) in [5.41, 5.74) is 6.89. The molecule has 0 saturated heterocycles. The zero-order chi connectivity index (χ0) is 13.5. The molecule has 1 aromatic carbocycles. The van der Waals surface area contributed by atoms with Crippen LogP contribution in [-0.2, 0) is 10.0 Å². The van der Waals surface area contributed by atoms with Crippen LogP contribution in [0.1, 0.15) is 18.9 Å². The van der Waals surface area contributed by atoms with Gasteiger partial charge in [-0.15, -0.1) is 0 Å². The summed E-state index contributed by atoms with van der Waals surface area (Å²) in [5, 5.41) is 0. The third kappa shape index (κ3) is 2.52. The van der Waals surface area contributed by atoms with Crippen molar-refractivity contribution in [3.8, 4) is 0 Å². The molecule has 18 heavy (non-hydrogen) atoms. The molecule has 1 aliphatic carbocycles. The summed E-state index contributed by atoms with van der Waals surface area (Å²) in [6, 6.07) is 5.00. The first-order chi connectivity index (χ1) is 8.32. The van der Waals surface area contributed by atoms with Crippen LogP contribution in [-0.4, -0.2) is 26.3 Å². The van der Waals surface area contributed by atoms with Crippen LogP contribution in [0.4, 0.5) is 5.69 Å². The van der Waals surface area contributed by atoms with Crippen molar-refractivity contribution in [1.82, 2.24) is 4.31 Å². The summed E-state index contributed by atoms with van der Waals surface area (Å²) in [7, 11) is -1.78. The SMILES string of the molecule is Cc1ccc(N)cc1S(=O)(=O)N(C)CC1CC1C. The standard InChI is InChI=1S/C13H20N2O2S/c1-9-4-5-12(14)7-13(9)18(16,17)15(3)8-11-6-10(11)2/h4-5,7,10-11H,6,8,14H2,1-3H3. The summed E-state index contributed by atoms with van der Waals surface area (Å²) >= 11 is 0. The number of hydrogen-bond donors (Lipinski definition) is 1. The molecule has 0 radical (unpaired) electrons. The number of aryl methyl sites for hydroxylation is 1. The fraction of sp³-hybridized carbons (Fsp3) is 0.538. The van der Waals surface area contributed by atoms with Crippen LogP contribution in [0.15, 0.2) is 23.1 Å². The molecule has 5 heteroatoms. The van der Waals surface area contributed by atoms with E-state index in [-0.39, 0.29) is 0 Å². The Morgan fingerprint density at radius 1 is 1.44 bits per heavy atom. The van der Waals surface area contributed by atoms with Gasteiger partial charge in [-0.1, -0.05) is 13.0 Å². The summed E-state index contributed by atoms with van der Waals surface area (Å²) in [6.07, 6.45) is 1.12. The Hall–Kier alpha value is -1.07. The monoisotopic (exact) mass is 268 g/mol. The predicted molar refractivity (Wildman–Crippen MR) is 72.7 cm³/mol. The van der Waals surface area contributed by atoms with E-state index >= 15 is 0 Å². The highest BCUT2D eigenvalue weighted by molar-refractivity contribution is 7.89. The Morgan fingerprint density at radius 2 is 2.06 bits per heavy atom. The van der Waals surface area contributed by atoms with E-state index in [1.54, 1.807) is 26.1 Å². The van der Waals surface area contributed by atoms with Crippen molar-refractivity contribution in [2.45, 2.75) is 25.2 Å². The van der Waals surface area contributed by atoms with Gasteiger partial charge < -0.3 is 5.73 Å². The number of benzene rings is 1. The molecule has 1 aromatic rings. The molecule has 2 unspecified atom stereocenters. The molecule has 0 heterocycles. The smallest absolute Gasteiger partial charge is 0.243 e. The third-order valence-corrected chi connectivity index (χ3v) is 5.63. The average Bonchev–Trinajstić information content (AvgIpc) is 2.97. The van der Waals surface area contributed by atoms with Crippen molar-refractivity contribution in [3.05, 3.63) is 23.8 Å². The lowest BCUT2D eigenvalue weighted by molar-refractivity contribution is 0.444. The van der Waals surface area contributed by atoms with Gasteiger partial charge in [0.15, 0.2) is 0 Å². The summed E-state index contributed by atoms with van der Waals surface area (Å²) in [6.45, 7) is 4.54. The maximum atomic E-state index is 12.4. The second-order valence-electron chi connectivity index (χ2n) is 5.28. The molecule has 2 N–H and O–H groups in total. The summed E-state index contributed by atoms with van der Waals surface area (Å²) < 4.78 is 26.3. The van der Waals surface area contributed by atoms with E-state index in [2.05, 4.69) is 6.92 Å². The van der Waals surface area contributed by atoms with E-state index < -0.39 is 10.0 Å². The topological polar surface area (TPSA) is 63.4 Å². The van der Waals surface area contributed by atoms with Gasteiger partial charge in [0.05, 0.1) is 4.90 Å². The fourth-order valence-electron chi connectivity index (χ4n) is 2.14. The second kappa shape index (κ2) is 4.55. The molecule has 1 fully saturated rings. The lowest BCUT2D eigenvalue weighted by atomic mass is 10.2. The van der Waals surface area contributed by atoms with Gasteiger partial charge in [0.1, 0.15) is 0 Å². The van der Waals surface area contributed by atoms with Crippen LogP contribution in [0.3, 0.4) is 0 Å². The zero-order valence-electron chi connectivity index (χ0n) is 11.1. The third-order valence-electron chi connectivity index (χ3n) is 3.67. The van der Waals surface area contributed by atoms with Crippen molar-refractivity contribution < 1.29 is 8.42 Å². The van der Waals surface area contributed by atoms with Gasteiger partial charge in [-0.2, -0.15) is 0 Å². The number of nitrogens with two attached hydrogens (primary N) is 1. The molecule has 0 bridgehead atoms. The molecule has 0 aromatic heterocycles. The minimum Gasteiger partial charge on any atom is -0.399 e. The van der Waals surface area contributed by atoms with E-state index in [0.717, 1.165) is 12.0 Å². The molecular formula is C13H20N2O2S. The normalized spacial score (nSPS) is 23.3. The zero-order valence-corrected chi connectivity index (χ0v) is 11.9. The van der Waals surface area contributed by atoms with Crippen LogP contribution in [0.5, 0.6) is 0 Å². The maximum Gasteiger partial charge on any atom is 0.243 e. The first-order valence-electron chi connectivity index (χ1n) is 6.15. The van der Waals surface area contributed by atoms with Crippen molar-refractivity contribution in [1.29, 1.82) is 0 Å². The number of nitrogens with zero attached hydrogens (tertiary/aromatic N) is 1. The van der Waals surface area contributed by atoms with Gasteiger partial charge in [-0.25, -0.2) is 12.7 Å². The number of hydrogen-bond acceptors (Lipinski definition) is 3. The van der Waals surface area contributed by atoms with Crippen molar-refractivity contribution in [3.63, 3.8) is 0 Å². The number of sulfonamides is 1. The Balaban J connectivity index is 2.26. The van der Waals surface area contributed by atoms with Gasteiger partial charge in [0.2, 0.25) is 10.0 Å². The van der Waals surface area contributed by atoms with Crippen molar-refractivity contribution >= 4 is 15.7 Å². The number of anilines is 1. The molecule has 0 aliphatic heterocycles. The largest absolute Gasteiger partial charge is 0.399 e. The molecule has 2 atom stereocenters. The van der Waals surface area contributed by atoms with E-state index in [4.69, 9.17) is 5.73 Å². The summed E-state index contributed by atoms with van der Waals surface area (Å²) in [4.78, 5) is 0.318. The minimum absolute atomic E-state index is 0.318. The van der Waals surface area contributed by atoms with Crippen molar-refractivity contribution in [2.24, 2.45) is 11.8 Å². The first-order valence-corrected chi connectivity index (χ1v) is 7.59. The van der Waals surface area contributed by atoms with E-state index in [9.17, 15) is 8.42 Å². The van der Waals surface area contributed by atoms with E-state index in [1.165, 1.54) is 10.4 Å². The maximum absolute atomic E-state index is 12.4. The van der Waals surface area contributed by atoms with Crippen molar-refractivity contribution in [2.75, 3.05) is 19.3 Å². The quantitative estimate of drug-likeness (QED) is 0.848. The molecule has 1 aliphatic rings. The first kappa shape index (κ1) is 13.4. The van der Waals surface area contributed by atoms with Gasteiger partial charge in [-0.3, -0.25) is 0 Å². The lowest BCUT2D eigenvalue weighted by Gasteiger charge is -2.18. The van der Waals surface area contributed by atoms with Gasteiger partial charge in [0.25, 0.3) is 0 Å². The Bertz CT molecular complexity index is 554. The van der Waals surface area contributed by atoms with Gasteiger partial charge in [0, 0.05) is 19.3 Å². The average molecular weight is 268 g/mol. The Labute approximate surface area is 109 Å². The van der Waals surface area contributed by atoms with E-state index in [1.807, 2.05) is 0 Å². The van der Waals surface area contributed by atoms with Gasteiger partial charge >= 0.3 is 0 Å². The second-order valence-corrected chi connectivity index (χ2v) is 7.30. The highest BCUT2D eigenvalue weighted by Gasteiger charge is 2.36. The number of nitrogen functional groups attached to an aromatic ring is 1. The summed E-state index contributed by atoms with van der Waals surface area (Å²) in [5.74, 6) is 1.15. The predicted octanol–water partition coefficient (Wildman–Crippen LogP) is 1.85. The molecule has 2 rings (SSSR count). The molecule has 0 spiro atoms. The van der Waals surface area contributed by atoms with Crippen LogP contribution < -0.4 is 5.73 Å². The van der Waals surface area contributed by atoms with Crippen LogP contribution in [0.25, 0.3) is 0 Å².